The fourth-order valence-corrected chi connectivity index (χ4v) is 1.46. The van der Waals surface area contributed by atoms with Crippen LogP contribution >= 0.6 is 11.6 Å². The van der Waals surface area contributed by atoms with Crippen LogP contribution in [0, 0.1) is 6.57 Å². The Hall–Kier alpha value is -1.00. The molecule has 0 saturated heterocycles. The van der Waals surface area contributed by atoms with Crippen LogP contribution in [0.2, 0.25) is 5.02 Å². The van der Waals surface area contributed by atoms with Crippen molar-refractivity contribution in [1.29, 1.82) is 0 Å². The van der Waals surface area contributed by atoms with Crippen molar-refractivity contribution in [3.63, 3.8) is 0 Å². The number of hydrogen-bond acceptors (Lipinski definition) is 0. The molecule has 12 heavy (non-hydrogen) atoms. The Labute approximate surface area is 77.8 Å². The quantitative estimate of drug-likeness (QED) is 0.574. The van der Waals surface area contributed by atoms with Crippen molar-refractivity contribution in [2.45, 2.75) is 19.8 Å². The van der Waals surface area contributed by atoms with Crippen LogP contribution < -0.4 is 0 Å². The molecule has 0 saturated carbocycles. The van der Waals surface area contributed by atoms with Gasteiger partial charge in [0, 0.05) is 0 Å². The molecule has 0 aliphatic rings. The second kappa shape index (κ2) is 3.60. The summed E-state index contributed by atoms with van der Waals surface area (Å²) in [6.45, 7) is 11.0. The summed E-state index contributed by atoms with van der Waals surface area (Å²) in [5.74, 6) is 0.374. The molecule has 2 heteroatoms. The molecule has 0 fully saturated rings. The van der Waals surface area contributed by atoms with Crippen molar-refractivity contribution in [1.82, 2.24) is 0 Å². The molecule has 0 heterocycles. The van der Waals surface area contributed by atoms with Gasteiger partial charge in [-0.15, -0.1) is 0 Å². The van der Waals surface area contributed by atoms with E-state index in [1.165, 1.54) is 0 Å². The Kier molecular flexibility index (Phi) is 2.73. The first-order valence-corrected chi connectivity index (χ1v) is 4.20. The van der Waals surface area contributed by atoms with Gasteiger partial charge in [-0.05, 0) is 11.5 Å². The zero-order valence-corrected chi connectivity index (χ0v) is 7.89. The lowest BCUT2D eigenvalue weighted by molar-refractivity contribution is 0.868. The standard InChI is InChI=1S/C10H10ClN/c1-7(2)8-5-4-6-9(12-3)10(8)11/h4-7H,1-2H3. The summed E-state index contributed by atoms with van der Waals surface area (Å²) in [6.07, 6.45) is 0. The van der Waals surface area contributed by atoms with Crippen LogP contribution in [0.3, 0.4) is 0 Å². The first-order chi connectivity index (χ1) is 5.66. The second-order valence-corrected chi connectivity index (χ2v) is 3.32. The maximum absolute atomic E-state index is 6.86. The fourth-order valence-electron chi connectivity index (χ4n) is 1.07. The fraction of sp³-hybridized carbons (Fsp3) is 0.300. The molecule has 0 aliphatic heterocycles. The van der Waals surface area contributed by atoms with Gasteiger partial charge in [-0.2, -0.15) is 0 Å². The van der Waals surface area contributed by atoms with Gasteiger partial charge < -0.3 is 0 Å². The lowest BCUT2D eigenvalue weighted by Crippen LogP contribution is -1.87. The Balaban J connectivity index is 3.25. The first-order valence-electron chi connectivity index (χ1n) is 3.82. The number of benzene rings is 1. The maximum Gasteiger partial charge on any atom is 0.205 e. The molecule has 0 atom stereocenters. The van der Waals surface area contributed by atoms with E-state index >= 15 is 0 Å². The van der Waals surface area contributed by atoms with Crippen LogP contribution in [0.4, 0.5) is 5.69 Å². The molecule has 1 nitrogen and oxygen atoms in total. The van der Waals surface area contributed by atoms with Gasteiger partial charge >= 0.3 is 0 Å². The van der Waals surface area contributed by atoms with Gasteiger partial charge in [0.2, 0.25) is 5.69 Å². The molecule has 0 spiro atoms. The average molecular weight is 180 g/mol. The van der Waals surface area contributed by atoms with E-state index in [-0.39, 0.29) is 0 Å². The van der Waals surface area contributed by atoms with Crippen LogP contribution in [0.5, 0.6) is 0 Å². The van der Waals surface area contributed by atoms with Gasteiger partial charge in [0.25, 0.3) is 0 Å². The lowest BCUT2D eigenvalue weighted by atomic mass is 10.0. The van der Waals surface area contributed by atoms with Gasteiger partial charge in [-0.3, -0.25) is 0 Å². The third kappa shape index (κ3) is 1.60. The Morgan fingerprint density at radius 2 is 2.08 bits per heavy atom. The van der Waals surface area contributed by atoms with E-state index in [2.05, 4.69) is 18.7 Å². The van der Waals surface area contributed by atoms with Crippen molar-refractivity contribution >= 4 is 17.3 Å². The maximum atomic E-state index is 6.86. The smallest absolute Gasteiger partial charge is 0.205 e. The second-order valence-electron chi connectivity index (χ2n) is 2.95. The summed E-state index contributed by atoms with van der Waals surface area (Å²) in [5, 5.41) is 0.600. The molecule has 0 unspecified atom stereocenters. The molecule has 1 aromatic carbocycles. The monoisotopic (exact) mass is 179 g/mol. The number of rotatable bonds is 1. The van der Waals surface area contributed by atoms with Gasteiger partial charge in [-0.1, -0.05) is 43.6 Å². The highest BCUT2D eigenvalue weighted by molar-refractivity contribution is 6.34. The van der Waals surface area contributed by atoms with Crippen LogP contribution in [0.15, 0.2) is 18.2 Å². The Bertz CT molecular complexity index is 323. The number of hydrogen-bond donors (Lipinski definition) is 0. The van der Waals surface area contributed by atoms with Crippen molar-refractivity contribution in [3.05, 3.63) is 40.2 Å². The lowest BCUT2D eigenvalue weighted by Gasteiger charge is -2.08. The summed E-state index contributed by atoms with van der Waals surface area (Å²) in [7, 11) is 0. The highest BCUT2D eigenvalue weighted by atomic mass is 35.5. The van der Waals surface area contributed by atoms with E-state index in [4.69, 9.17) is 18.2 Å². The molecule has 0 amide bonds. The zero-order valence-electron chi connectivity index (χ0n) is 7.13. The summed E-state index contributed by atoms with van der Waals surface area (Å²) in [4.78, 5) is 3.33. The molecule has 1 rings (SSSR count). The molecule has 0 bridgehead atoms. The molecular weight excluding hydrogens is 170 g/mol. The first kappa shape index (κ1) is 9.09. The molecule has 0 radical (unpaired) electrons. The molecule has 0 N–H and O–H groups in total. The highest BCUT2D eigenvalue weighted by Gasteiger charge is 2.07. The summed E-state index contributed by atoms with van der Waals surface area (Å²) in [6, 6.07) is 5.57. The van der Waals surface area contributed by atoms with Gasteiger partial charge in [0.05, 0.1) is 11.6 Å². The molecule has 0 aromatic heterocycles. The van der Waals surface area contributed by atoms with Crippen molar-refractivity contribution in [2.24, 2.45) is 0 Å². The van der Waals surface area contributed by atoms with Crippen molar-refractivity contribution in [3.8, 4) is 0 Å². The summed E-state index contributed by atoms with van der Waals surface area (Å²) in [5.41, 5.74) is 1.59. The predicted octanol–water partition coefficient (Wildman–Crippen LogP) is 4.01. The molecule has 62 valence electrons. The number of halogens is 1. The predicted molar refractivity (Wildman–Crippen MR) is 51.8 cm³/mol. The largest absolute Gasteiger partial charge is 0.237 e. The Morgan fingerprint density at radius 1 is 1.42 bits per heavy atom. The van der Waals surface area contributed by atoms with E-state index in [1.54, 1.807) is 6.07 Å². The third-order valence-electron chi connectivity index (χ3n) is 1.75. The summed E-state index contributed by atoms with van der Waals surface area (Å²) >= 11 is 5.99. The number of nitrogens with zero attached hydrogens (tertiary/aromatic N) is 1. The minimum Gasteiger partial charge on any atom is -0.237 e. The van der Waals surface area contributed by atoms with E-state index in [1.807, 2.05) is 12.1 Å². The Morgan fingerprint density at radius 3 is 2.58 bits per heavy atom. The van der Waals surface area contributed by atoms with Gasteiger partial charge in [0.1, 0.15) is 0 Å². The topological polar surface area (TPSA) is 4.36 Å². The zero-order chi connectivity index (χ0) is 9.14. The van der Waals surface area contributed by atoms with Gasteiger partial charge in [0.15, 0.2) is 0 Å². The van der Waals surface area contributed by atoms with Crippen LogP contribution in [0.1, 0.15) is 25.3 Å². The van der Waals surface area contributed by atoms with Crippen molar-refractivity contribution in [2.75, 3.05) is 0 Å². The molecule has 1 aromatic rings. The van der Waals surface area contributed by atoms with Crippen LogP contribution in [0.25, 0.3) is 4.85 Å². The molecule has 0 aliphatic carbocycles. The van der Waals surface area contributed by atoms with E-state index in [9.17, 15) is 0 Å². The van der Waals surface area contributed by atoms with E-state index in [0.717, 1.165) is 5.56 Å². The highest BCUT2D eigenvalue weighted by Crippen LogP contribution is 2.32. The third-order valence-corrected chi connectivity index (χ3v) is 2.16. The average Bonchev–Trinajstić information content (AvgIpc) is 2.04. The van der Waals surface area contributed by atoms with Crippen LogP contribution in [-0.4, -0.2) is 0 Å². The van der Waals surface area contributed by atoms with E-state index in [0.29, 0.717) is 16.6 Å². The van der Waals surface area contributed by atoms with Crippen LogP contribution in [-0.2, 0) is 0 Å². The van der Waals surface area contributed by atoms with E-state index < -0.39 is 0 Å². The minimum absolute atomic E-state index is 0.374. The molecular formula is C10H10ClN. The van der Waals surface area contributed by atoms with Crippen molar-refractivity contribution < 1.29 is 0 Å². The van der Waals surface area contributed by atoms with Gasteiger partial charge in [-0.25, -0.2) is 4.85 Å². The normalized spacial score (nSPS) is 9.92. The minimum atomic E-state index is 0.374. The SMILES string of the molecule is [C-]#[N+]c1cccc(C(C)C)c1Cl. The summed E-state index contributed by atoms with van der Waals surface area (Å²) < 4.78 is 0.